The first-order chi connectivity index (χ1) is 8.63. The fourth-order valence-electron chi connectivity index (χ4n) is 2.01. The lowest BCUT2D eigenvalue weighted by Gasteiger charge is -2.16. The van der Waals surface area contributed by atoms with Crippen molar-refractivity contribution in [3.05, 3.63) is 38.3 Å². The summed E-state index contributed by atoms with van der Waals surface area (Å²) in [4.78, 5) is 1.30. The first-order valence-electron chi connectivity index (χ1n) is 5.87. The molecule has 2 heterocycles. The monoisotopic (exact) mass is 328 g/mol. The largest absolute Gasteiger partial charge is 0.271 e. The summed E-state index contributed by atoms with van der Waals surface area (Å²) in [6.45, 7) is 4.95. The third-order valence-electron chi connectivity index (χ3n) is 2.82. The van der Waals surface area contributed by atoms with Gasteiger partial charge in [0.05, 0.1) is 17.4 Å². The Labute approximate surface area is 119 Å². The van der Waals surface area contributed by atoms with Gasteiger partial charge in [0.25, 0.3) is 0 Å². The molecule has 0 aliphatic rings. The smallest absolute Gasteiger partial charge is 0.0677 e. The number of nitrogens with one attached hydrogen (secondary N) is 1. The number of nitrogens with two attached hydrogens (primary N) is 1. The van der Waals surface area contributed by atoms with E-state index in [1.165, 1.54) is 4.88 Å². The van der Waals surface area contributed by atoms with Crippen LogP contribution in [-0.4, -0.2) is 9.78 Å². The lowest BCUT2D eigenvalue weighted by Crippen LogP contribution is -2.31. The van der Waals surface area contributed by atoms with Crippen LogP contribution in [0.3, 0.4) is 0 Å². The third-order valence-corrected chi connectivity index (χ3v) is 4.54. The highest BCUT2D eigenvalue weighted by atomic mass is 79.9. The quantitative estimate of drug-likeness (QED) is 0.655. The maximum atomic E-state index is 5.69. The van der Waals surface area contributed by atoms with Gasteiger partial charge in [-0.05, 0) is 41.9 Å². The number of hydrogen-bond donors (Lipinski definition) is 2. The fourth-order valence-corrected chi connectivity index (χ4v) is 3.51. The highest BCUT2D eigenvalue weighted by Gasteiger charge is 2.17. The lowest BCUT2D eigenvalue weighted by atomic mass is 10.1. The van der Waals surface area contributed by atoms with E-state index in [4.69, 9.17) is 5.84 Å². The van der Waals surface area contributed by atoms with Crippen molar-refractivity contribution in [1.29, 1.82) is 0 Å². The second kappa shape index (κ2) is 5.97. The maximum absolute atomic E-state index is 5.69. The summed E-state index contributed by atoms with van der Waals surface area (Å²) < 4.78 is 3.13. The van der Waals surface area contributed by atoms with Crippen molar-refractivity contribution < 1.29 is 0 Å². The van der Waals surface area contributed by atoms with Crippen LogP contribution >= 0.6 is 27.3 Å². The first kappa shape index (κ1) is 13.7. The number of hydrazine groups is 1. The SMILES string of the molecule is CCn1nc(C)cc1C(Cc1cc(Br)cs1)NN. The van der Waals surface area contributed by atoms with Crippen molar-refractivity contribution in [2.45, 2.75) is 32.9 Å². The molecule has 0 aromatic carbocycles. The zero-order valence-electron chi connectivity index (χ0n) is 10.5. The van der Waals surface area contributed by atoms with Gasteiger partial charge in [-0.3, -0.25) is 16.0 Å². The Hall–Kier alpha value is -0.690. The molecule has 0 aliphatic heterocycles. The molecule has 0 spiro atoms. The molecule has 2 aromatic heterocycles. The summed E-state index contributed by atoms with van der Waals surface area (Å²) >= 11 is 5.21. The molecule has 0 aliphatic carbocycles. The highest BCUT2D eigenvalue weighted by molar-refractivity contribution is 9.10. The van der Waals surface area contributed by atoms with Gasteiger partial charge in [-0.15, -0.1) is 11.3 Å². The molecule has 2 rings (SSSR count). The molecule has 6 heteroatoms. The van der Waals surface area contributed by atoms with Gasteiger partial charge in [0.15, 0.2) is 0 Å². The molecule has 2 aromatic rings. The molecule has 3 N–H and O–H groups in total. The van der Waals surface area contributed by atoms with E-state index in [9.17, 15) is 0 Å². The van der Waals surface area contributed by atoms with Gasteiger partial charge in [0.1, 0.15) is 0 Å². The number of halogens is 1. The van der Waals surface area contributed by atoms with Gasteiger partial charge in [-0.25, -0.2) is 0 Å². The number of aryl methyl sites for hydroxylation is 2. The Morgan fingerprint density at radius 3 is 2.89 bits per heavy atom. The van der Waals surface area contributed by atoms with Crippen molar-refractivity contribution in [3.63, 3.8) is 0 Å². The van der Waals surface area contributed by atoms with E-state index in [-0.39, 0.29) is 6.04 Å². The van der Waals surface area contributed by atoms with Crippen LogP contribution in [0.4, 0.5) is 0 Å². The maximum Gasteiger partial charge on any atom is 0.0677 e. The molecule has 0 saturated carbocycles. The van der Waals surface area contributed by atoms with Crippen LogP contribution in [0.2, 0.25) is 0 Å². The summed E-state index contributed by atoms with van der Waals surface area (Å²) in [6, 6.07) is 4.32. The van der Waals surface area contributed by atoms with Crippen molar-refractivity contribution >= 4 is 27.3 Å². The van der Waals surface area contributed by atoms with Crippen LogP contribution in [0, 0.1) is 6.92 Å². The number of aromatic nitrogens is 2. The Balaban J connectivity index is 2.22. The number of hydrogen-bond acceptors (Lipinski definition) is 4. The van der Waals surface area contributed by atoms with Crippen LogP contribution in [0.5, 0.6) is 0 Å². The standard InChI is InChI=1S/C12H17BrN4S/c1-3-17-12(4-8(2)16-17)11(15-14)6-10-5-9(13)7-18-10/h4-5,7,11,15H,3,6,14H2,1-2H3. The second-order valence-electron chi connectivity index (χ2n) is 4.18. The molecule has 0 amide bonds. The van der Waals surface area contributed by atoms with E-state index in [1.54, 1.807) is 11.3 Å². The van der Waals surface area contributed by atoms with Gasteiger partial charge in [-0.2, -0.15) is 5.10 Å². The van der Waals surface area contributed by atoms with E-state index >= 15 is 0 Å². The molecule has 1 unspecified atom stereocenters. The van der Waals surface area contributed by atoms with Crippen LogP contribution in [-0.2, 0) is 13.0 Å². The van der Waals surface area contributed by atoms with E-state index < -0.39 is 0 Å². The molecule has 1 atom stereocenters. The van der Waals surface area contributed by atoms with Crippen LogP contribution in [0.1, 0.15) is 29.2 Å². The van der Waals surface area contributed by atoms with E-state index in [2.05, 4.69) is 50.9 Å². The van der Waals surface area contributed by atoms with Crippen molar-refractivity contribution in [3.8, 4) is 0 Å². The van der Waals surface area contributed by atoms with Gasteiger partial charge < -0.3 is 0 Å². The minimum atomic E-state index is 0.0942. The van der Waals surface area contributed by atoms with Crippen LogP contribution in [0.15, 0.2) is 22.0 Å². The van der Waals surface area contributed by atoms with E-state index in [1.807, 2.05) is 11.6 Å². The summed E-state index contributed by atoms with van der Waals surface area (Å²) in [5, 5.41) is 6.55. The topological polar surface area (TPSA) is 55.9 Å². The lowest BCUT2D eigenvalue weighted by molar-refractivity contribution is 0.492. The number of thiophene rings is 1. The van der Waals surface area contributed by atoms with Gasteiger partial charge in [-0.1, -0.05) is 0 Å². The average molecular weight is 329 g/mol. The van der Waals surface area contributed by atoms with Gasteiger partial charge >= 0.3 is 0 Å². The van der Waals surface area contributed by atoms with Crippen LogP contribution in [0.25, 0.3) is 0 Å². The van der Waals surface area contributed by atoms with Crippen LogP contribution < -0.4 is 11.3 Å². The predicted molar refractivity (Wildman–Crippen MR) is 78.4 cm³/mol. The van der Waals surface area contributed by atoms with E-state index in [0.717, 1.165) is 28.8 Å². The second-order valence-corrected chi connectivity index (χ2v) is 6.09. The summed E-state index contributed by atoms with van der Waals surface area (Å²) in [5.74, 6) is 5.69. The average Bonchev–Trinajstić information content (AvgIpc) is 2.92. The molecular formula is C12H17BrN4S. The number of rotatable bonds is 5. The Bertz CT molecular complexity index is 520. The molecule has 18 heavy (non-hydrogen) atoms. The normalized spacial score (nSPS) is 12.9. The van der Waals surface area contributed by atoms with Crippen molar-refractivity contribution in [2.24, 2.45) is 5.84 Å². The molecule has 0 fully saturated rings. The molecule has 0 saturated heterocycles. The Morgan fingerprint density at radius 2 is 2.33 bits per heavy atom. The predicted octanol–water partition coefficient (Wildman–Crippen LogP) is 2.78. The zero-order chi connectivity index (χ0) is 13.1. The molecule has 98 valence electrons. The Kier molecular flexibility index (Phi) is 4.55. The third kappa shape index (κ3) is 3.00. The van der Waals surface area contributed by atoms with Crippen molar-refractivity contribution in [1.82, 2.24) is 15.2 Å². The summed E-state index contributed by atoms with van der Waals surface area (Å²) in [5.41, 5.74) is 5.06. The van der Waals surface area contributed by atoms with E-state index in [0.29, 0.717) is 0 Å². The minimum Gasteiger partial charge on any atom is -0.271 e. The molecule has 0 bridgehead atoms. The molecule has 0 radical (unpaired) electrons. The van der Waals surface area contributed by atoms with Crippen molar-refractivity contribution in [2.75, 3.05) is 0 Å². The zero-order valence-corrected chi connectivity index (χ0v) is 12.9. The summed E-state index contributed by atoms with van der Waals surface area (Å²) in [7, 11) is 0. The fraction of sp³-hybridized carbons (Fsp3) is 0.417. The molecule has 4 nitrogen and oxygen atoms in total. The Morgan fingerprint density at radius 1 is 1.56 bits per heavy atom. The minimum absolute atomic E-state index is 0.0942. The van der Waals surface area contributed by atoms with Gasteiger partial charge in [0.2, 0.25) is 0 Å². The first-order valence-corrected chi connectivity index (χ1v) is 7.54. The molecular weight excluding hydrogens is 312 g/mol. The number of nitrogens with zero attached hydrogens (tertiary/aromatic N) is 2. The summed E-state index contributed by atoms with van der Waals surface area (Å²) in [6.07, 6.45) is 0.873. The van der Waals surface area contributed by atoms with Gasteiger partial charge in [0, 0.05) is 27.7 Å². The highest BCUT2D eigenvalue weighted by Crippen LogP contribution is 2.25.